The summed E-state index contributed by atoms with van der Waals surface area (Å²) >= 11 is 6.04. The molecule has 10 heteroatoms. The van der Waals surface area contributed by atoms with Gasteiger partial charge in [0.2, 0.25) is 10.0 Å². The van der Waals surface area contributed by atoms with Gasteiger partial charge in [-0.3, -0.25) is 4.98 Å². The van der Waals surface area contributed by atoms with Crippen LogP contribution >= 0.6 is 11.6 Å². The highest BCUT2D eigenvalue weighted by Gasteiger charge is 2.35. The summed E-state index contributed by atoms with van der Waals surface area (Å²) in [5.41, 5.74) is 1.04. The minimum absolute atomic E-state index is 0.0528. The summed E-state index contributed by atoms with van der Waals surface area (Å²) in [4.78, 5) is 21.3. The molecule has 34 heavy (non-hydrogen) atoms. The van der Waals surface area contributed by atoms with Gasteiger partial charge in [-0.05, 0) is 52.7 Å². The van der Waals surface area contributed by atoms with Crippen molar-refractivity contribution in [2.24, 2.45) is 0 Å². The molecule has 3 heterocycles. The Morgan fingerprint density at radius 1 is 0.941 bits per heavy atom. The van der Waals surface area contributed by atoms with Crippen molar-refractivity contribution in [3.05, 3.63) is 71.5 Å². The average Bonchev–Trinajstić information content (AvgIpc) is 2.88. The van der Waals surface area contributed by atoms with E-state index in [1.54, 1.807) is 41.6 Å². The smallest absolute Gasteiger partial charge is 0.320 e. The number of carbonyl (C=O) groups is 1. The number of benzene rings is 2. The summed E-state index contributed by atoms with van der Waals surface area (Å²) in [6.45, 7) is 3.25. The molecular weight excluding hydrogens is 474 g/mol. The SMILES string of the molecule is O=C(N1CCN(S(=O)(=O)c2ccc3cc(Cl)ccc3c2)CC1)N1CCNCC1c1ccncc1. The quantitative estimate of drug-likeness (QED) is 0.599. The molecule has 2 aromatic carbocycles. The van der Waals surface area contributed by atoms with Crippen LogP contribution in [-0.4, -0.2) is 79.4 Å². The Bertz CT molecular complexity index is 1300. The van der Waals surface area contributed by atoms with Crippen molar-refractivity contribution >= 4 is 38.4 Å². The zero-order valence-corrected chi connectivity index (χ0v) is 20.2. The molecule has 0 aliphatic carbocycles. The van der Waals surface area contributed by atoms with Gasteiger partial charge in [0.05, 0.1) is 10.9 Å². The van der Waals surface area contributed by atoms with Gasteiger partial charge in [-0.25, -0.2) is 13.2 Å². The fraction of sp³-hybridized carbons (Fsp3) is 0.333. The number of hydrogen-bond acceptors (Lipinski definition) is 5. The molecular formula is C24H26ClN5O3S. The Morgan fingerprint density at radius 3 is 2.41 bits per heavy atom. The lowest BCUT2D eigenvalue weighted by atomic mass is 10.1. The Morgan fingerprint density at radius 2 is 1.65 bits per heavy atom. The van der Waals surface area contributed by atoms with Crippen LogP contribution in [0.4, 0.5) is 4.79 Å². The first-order chi connectivity index (χ1) is 16.4. The number of hydrogen-bond donors (Lipinski definition) is 1. The molecule has 1 N–H and O–H groups in total. The van der Waals surface area contributed by atoms with Crippen molar-refractivity contribution < 1.29 is 13.2 Å². The molecule has 0 radical (unpaired) electrons. The highest BCUT2D eigenvalue weighted by molar-refractivity contribution is 7.89. The van der Waals surface area contributed by atoms with E-state index in [1.165, 1.54) is 4.31 Å². The van der Waals surface area contributed by atoms with Gasteiger partial charge in [-0.15, -0.1) is 0 Å². The monoisotopic (exact) mass is 499 g/mol. The second-order valence-electron chi connectivity index (χ2n) is 8.52. The van der Waals surface area contributed by atoms with Gasteiger partial charge in [0.15, 0.2) is 0 Å². The summed E-state index contributed by atoms with van der Waals surface area (Å²) in [5, 5.41) is 5.67. The zero-order chi connectivity index (χ0) is 23.7. The first-order valence-corrected chi connectivity index (χ1v) is 13.1. The fourth-order valence-electron chi connectivity index (χ4n) is 4.62. The minimum Gasteiger partial charge on any atom is -0.322 e. The second kappa shape index (κ2) is 9.50. The van der Waals surface area contributed by atoms with Gasteiger partial charge < -0.3 is 15.1 Å². The van der Waals surface area contributed by atoms with E-state index in [2.05, 4.69) is 10.3 Å². The highest BCUT2D eigenvalue weighted by atomic mass is 35.5. The number of pyridine rings is 1. The number of aromatic nitrogens is 1. The van der Waals surface area contributed by atoms with Crippen molar-refractivity contribution in [2.75, 3.05) is 45.8 Å². The largest absolute Gasteiger partial charge is 0.322 e. The van der Waals surface area contributed by atoms with E-state index in [0.29, 0.717) is 31.2 Å². The predicted octanol–water partition coefficient (Wildman–Crippen LogP) is 2.96. The molecule has 0 bridgehead atoms. The molecule has 2 aliphatic rings. The zero-order valence-electron chi connectivity index (χ0n) is 18.6. The molecule has 0 saturated carbocycles. The topological polar surface area (TPSA) is 85.9 Å². The van der Waals surface area contributed by atoms with Gasteiger partial charge in [0, 0.05) is 63.2 Å². The van der Waals surface area contributed by atoms with Crippen LogP contribution in [0.25, 0.3) is 10.8 Å². The molecule has 0 spiro atoms. The Hall–Kier alpha value is -2.72. The maximum absolute atomic E-state index is 13.4. The minimum atomic E-state index is -3.66. The number of amides is 2. The molecule has 1 unspecified atom stereocenters. The van der Waals surface area contributed by atoms with Gasteiger partial charge >= 0.3 is 6.03 Å². The van der Waals surface area contributed by atoms with E-state index >= 15 is 0 Å². The number of halogens is 1. The Kier molecular flexibility index (Phi) is 6.44. The van der Waals surface area contributed by atoms with Gasteiger partial charge in [0.1, 0.15) is 0 Å². The van der Waals surface area contributed by atoms with Crippen LogP contribution in [0.5, 0.6) is 0 Å². The summed E-state index contributed by atoms with van der Waals surface area (Å²) in [5.74, 6) is 0. The standard InChI is InChI=1S/C24H26ClN5O3S/c25-21-3-1-20-16-22(4-2-19(20)15-21)34(32,33)29-13-11-28(12-14-29)24(31)30-10-9-27-17-23(30)18-5-7-26-8-6-18/h1-8,15-16,23,27H,9-14,17H2. The number of sulfonamides is 1. The van der Waals surface area contributed by atoms with E-state index in [4.69, 9.17) is 11.6 Å². The van der Waals surface area contributed by atoms with Gasteiger partial charge in [0.25, 0.3) is 0 Å². The third kappa shape index (κ3) is 4.48. The lowest BCUT2D eigenvalue weighted by molar-refractivity contribution is 0.107. The average molecular weight is 500 g/mol. The maximum Gasteiger partial charge on any atom is 0.320 e. The van der Waals surface area contributed by atoms with Crippen LogP contribution in [0.3, 0.4) is 0 Å². The third-order valence-corrected chi connectivity index (χ3v) is 8.63. The molecule has 2 saturated heterocycles. The lowest BCUT2D eigenvalue weighted by Crippen LogP contribution is -2.57. The summed E-state index contributed by atoms with van der Waals surface area (Å²) in [6.07, 6.45) is 3.47. The fourth-order valence-corrected chi connectivity index (χ4v) is 6.26. The van der Waals surface area contributed by atoms with Crippen molar-refractivity contribution in [1.29, 1.82) is 0 Å². The number of urea groups is 1. The van der Waals surface area contributed by atoms with E-state index in [-0.39, 0.29) is 30.1 Å². The normalized spacial score (nSPS) is 20.0. The number of nitrogens with one attached hydrogen (secondary N) is 1. The Balaban J connectivity index is 1.28. The number of carbonyl (C=O) groups excluding carboxylic acids is 1. The Labute approximate surface area is 204 Å². The first kappa shape index (κ1) is 23.0. The molecule has 3 aromatic rings. The number of piperazine rings is 2. The molecule has 1 atom stereocenters. The van der Waals surface area contributed by atoms with E-state index in [1.807, 2.05) is 29.2 Å². The molecule has 178 valence electrons. The molecule has 2 fully saturated rings. The molecule has 8 nitrogen and oxygen atoms in total. The maximum atomic E-state index is 13.4. The van der Waals surface area contributed by atoms with Crippen molar-refractivity contribution in [3.63, 3.8) is 0 Å². The van der Waals surface area contributed by atoms with Gasteiger partial charge in [-0.1, -0.05) is 23.7 Å². The van der Waals surface area contributed by atoms with E-state index in [9.17, 15) is 13.2 Å². The molecule has 2 amide bonds. The molecule has 5 rings (SSSR count). The van der Waals surface area contributed by atoms with Crippen LogP contribution < -0.4 is 5.32 Å². The van der Waals surface area contributed by atoms with Crippen LogP contribution in [0.15, 0.2) is 65.8 Å². The van der Waals surface area contributed by atoms with Crippen LogP contribution in [0.2, 0.25) is 5.02 Å². The first-order valence-electron chi connectivity index (χ1n) is 11.3. The second-order valence-corrected chi connectivity index (χ2v) is 10.9. The van der Waals surface area contributed by atoms with Crippen LogP contribution in [0, 0.1) is 0 Å². The molecule has 1 aromatic heterocycles. The van der Waals surface area contributed by atoms with Crippen molar-refractivity contribution in [3.8, 4) is 0 Å². The molecule has 2 aliphatic heterocycles. The number of rotatable bonds is 3. The predicted molar refractivity (Wildman–Crippen MR) is 131 cm³/mol. The van der Waals surface area contributed by atoms with E-state index < -0.39 is 10.0 Å². The third-order valence-electron chi connectivity index (χ3n) is 6.50. The lowest BCUT2D eigenvalue weighted by Gasteiger charge is -2.42. The van der Waals surface area contributed by atoms with E-state index in [0.717, 1.165) is 22.9 Å². The highest BCUT2D eigenvalue weighted by Crippen LogP contribution is 2.27. The van der Waals surface area contributed by atoms with Crippen molar-refractivity contribution in [1.82, 2.24) is 24.4 Å². The van der Waals surface area contributed by atoms with Gasteiger partial charge in [-0.2, -0.15) is 4.31 Å². The van der Waals surface area contributed by atoms with Crippen LogP contribution in [-0.2, 0) is 10.0 Å². The summed E-state index contributed by atoms with van der Waals surface area (Å²) in [6, 6.07) is 14.2. The van der Waals surface area contributed by atoms with Crippen molar-refractivity contribution in [2.45, 2.75) is 10.9 Å². The summed E-state index contributed by atoms with van der Waals surface area (Å²) in [7, 11) is -3.66. The van der Waals surface area contributed by atoms with Crippen LogP contribution in [0.1, 0.15) is 11.6 Å². The summed E-state index contributed by atoms with van der Waals surface area (Å²) < 4.78 is 28.0. The number of fused-ring (bicyclic) bond motifs is 1. The number of nitrogens with zero attached hydrogens (tertiary/aromatic N) is 4.